The van der Waals surface area contributed by atoms with Crippen molar-refractivity contribution in [1.82, 2.24) is 34.1 Å². The number of imidazole rings is 1. The predicted octanol–water partition coefficient (Wildman–Crippen LogP) is 5.78. The molecular weight excluding hydrogens is 549 g/mol. The average molecular weight is 577 g/mol. The molecule has 1 aromatic carbocycles. The molecule has 1 aliphatic heterocycles. The van der Waals surface area contributed by atoms with Gasteiger partial charge in [-0.05, 0) is 45.4 Å². The van der Waals surface area contributed by atoms with Crippen molar-refractivity contribution in [2.45, 2.75) is 65.5 Å². The van der Waals surface area contributed by atoms with Crippen molar-refractivity contribution in [1.29, 1.82) is 0 Å². The molecule has 0 spiro atoms. The van der Waals surface area contributed by atoms with Crippen LogP contribution in [0.3, 0.4) is 0 Å². The number of aryl methyl sites for hydroxylation is 2. The number of carbonyl (C=O) groups excluding carboxylic acids is 1. The number of hydrogen-bond donors (Lipinski definition) is 0. The monoisotopic (exact) mass is 576 g/mol. The highest BCUT2D eigenvalue weighted by molar-refractivity contribution is 6.32. The van der Waals surface area contributed by atoms with Crippen LogP contribution in [0.15, 0.2) is 30.6 Å². The van der Waals surface area contributed by atoms with Crippen LogP contribution >= 0.6 is 11.6 Å². The zero-order chi connectivity index (χ0) is 28.9. The van der Waals surface area contributed by atoms with Crippen molar-refractivity contribution in [3.63, 3.8) is 0 Å². The van der Waals surface area contributed by atoms with Gasteiger partial charge >= 0.3 is 6.18 Å². The number of methoxy groups -OCH3 is 1. The van der Waals surface area contributed by atoms with Gasteiger partial charge in [0.15, 0.2) is 5.69 Å². The van der Waals surface area contributed by atoms with E-state index in [4.69, 9.17) is 21.3 Å². The van der Waals surface area contributed by atoms with Gasteiger partial charge in [-0.3, -0.25) is 14.4 Å². The minimum atomic E-state index is -4.57. The summed E-state index contributed by atoms with van der Waals surface area (Å²) in [6.07, 6.45) is -1.82. The highest BCUT2D eigenvalue weighted by Crippen LogP contribution is 2.38. The summed E-state index contributed by atoms with van der Waals surface area (Å²) in [5.74, 6) is 1.06. The smallest absolute Gasteiger partial charge is 0.434 e. The second kappa shape index (κ2) is 10.3. The Morgan fingerprint density at radius 1 is 1.18 bits per heavy atom. The highest BCUT2D eigenvalue weighted by Gasteiger charge is 2.36. The first-order valence-corrected chi connectivity index (χ1v) is 13.1. The molecule has 10 nitrogen and oxygen atoms in total. The van der Waals surface area contributed by atoms with Crippen molar-refractivity contribution in [2.24, 2.45) is 0 Å². The number of rotatable bonds is 7. The Morgan fingerprint density at radius 2 is 1.93 bits per heavy atom. The Bertz CT molecular complexity index is 1570. The number of nitrogens with zero attached hydrogens (tertiary/aromatic N) is 8. The summed E-state index contributed by atoms with van der Waals surface area (Å²) >= 11 is 6.42. The largest absolute Gasteiger partial charge is 0.496 e. The van der Waals surface area contributed by atoms with Crippen LogP contribution in [0.25, 0.3) is 22.9 Å². The minimum Gasteiger partial charge on any atom is -0.496 e. The molecule has 4 aromatic rings. The van der Waals surface area contributed by atoms with Crippen molar-refractivity contribution < 1.29 is 22.7 Å². The van der Waals surface area contributed by atoms with Gasteiger partial charge in [0.2, 0.25) is 17.7 Å². The number of alkyl halides is 3. The number of anilines is 1. The van der Waals surface area contributed by atoms with E-state index in [2.05, 4.69) is 15.2 Å². The number of fused-ring (bicyclic) bond motifs is 1. The summed E-state index contributed by atoms with van der Waals surface area (Å²) in [5.41, 5.74) is 0.691. The number of carbonyl (C=O) groups is 1. The maximum atomic E-state index is 13.4. The van der Waals surface area contributed by atoms with E-state index in [9.17, 15) is 18.0 Å². The Morgan fingerprint density at radius 3 is 2.58 bits per heavy atom. The van der Waals surface area contributed by atoms with E-state index >= 15 is 0 Å². The summed E-state index contributed by atoms with van der Waals surface area (Å²) in [4.78, 5) is 23.3. The van der Waals surface area contributed by atoms with E-state index in [0.29, 0.717) is 52.5 Å². The van der Waals surface area contributed by atoms with Crippen molar-refractivity contribution in [3.8, 4) is 28.7 Å². The second-order valence-electron chi connectivity index (χ2n) is 9.72. The Kier molecular flexibility index (Phi) is 7.11. The standard InChI is InChI=1S/C26H28ClF3N8O2/c1-6-35-13-20(26(28,29)30)32-24(35)17-8-7-16(11-19(17)40-5)15(4)37-21(39)9-10-36-25(37)33-23(34-36)22-18(27)12-31-38(22)14(2)3/h7-8,11-15H,6,9-10H2,1-5H3/t15-/m0/s1. The molecule has 5 rings (SSSR count). The van der Waals surface area contributed by atoms with Gasteiger partial charge in [-0.25, -0.2) is 9.67 Å². The fourth-order valence-electron chi connectivity index (χ4n) is 4.84. The number of aromatic nitrogens is 7. The molecule has 1 aliphatic rings. The molecule has 1 amide bonds. The Balaban J connectivity index is 1.53. The summed E-state index contributed by atoms with van der Waals surface area (Å²) in [6.45, 7) is 8.17. The average Bonchev–Trinajstić information content (AvgIpc) is 3.63. The van der Waals surface area contributed by atoms with Crippen LogP contribution in [0.5, 0.6) is 5.75 Å². The molecule has 0 fully saturated rings. The first-order chi connectivity index (χ1) is 18.9. The van der Waals surface area contributed by atoms with Crippen LogP contribution < -0.4 is 9.64 Å². The fraction of sp³-hybridized carbons (Fsp3) is 0.423. The maximum absolute atomic E-state index is 13.4. The first-order valence-electron chi connectivity index (χ1n) is 12.8. The summed E-state index contributed by atoms with van der Waals surface area (Å²) in [7, 11) is 1.44. The zero-order valence-electron chi connectivity index (χ0n) is 22.6. The molecule has 0 radical (unpaired) electrons. The molecule has 0 unspecified atom stereocenters. The summed E-state index contributed by atoms with van der Waals surface area (Å²) in [5, 5.41) is 9.36. The SMILES string of the molecule is CCn1cc(C(F)(F)F)nc1-c1ccc([C@H](C)N2C(=O)CCn3nc(-c4c(Cl)cnn4C(C)C)nc32)cc1OC. The molecule has 40 heavy (non-hydrogen) atoms. The fourth-order valence-corrected chi connectivity index (χ4v) is 5.05. The molecule has 0 saturated heterocycles. The Hall–Kier alpha value is -3.87. The number of ether oxygens (including phenoxy) is 1. The lowest BCUT2D eigenvalue weighted by molar-refractivity contribution is -0.140. The lowest BCUT2D eigenvalue weighted by Crippen LogP contribution is -2.39. The zero-order valence-corrected chi connectivity index (χ0v) is 23.3. The van der Waals surface area contributed by atoms with Crippen molar-refractivity contribution >= 4 is 23.5 Å². The van der Waals surface area contributed by atoms with Gasteiger partial charge in [-0.2, -0.15) is 23.3 Å². The molecule has 0 aliphatic carbocycles. The number of halogens is 4. The van der Waals surface area contributed by atoms with Crippen molar-refractivity contribution in [2.75, 3.05) is 12.0 Å². The van der Waals surface area contributed by atoms with Gasteiger partial charge in [0, 0.05) is 25.2 Å². The van der Waals surface area contributed by atoms with Gasteiger partial charge in [0.05, 0.1) is 36.5 Å². The molecule has 4 heterocycles. The number of hydrogen-bond acceptors (Lipinski definition) is 6. The minimum absolute atomic E-state index is 0.0150. The van der Waals surface area contributed by atoms with Crippen LogP contribution in [-0.2, 0) is 24.1 Å². The molecule has 0 saturated carbocycles. The molecule has 0 bridgehead atoms. The number of benzene rings is 1. The predicted molar refractivity (Wildman–Crippen MR) is 142 cm³/mol. The van der Waals surface area contributed by atoms with E-state index in [1.807, 2.05) is 20.8 Å². The van der Waals surface area contributed by atoms with E-state index < -0.39 is 17.9 Å². The highest BCUT2D eigenvalue weighted by atomic mass is 35.5. The van der Waals surface area contributed by atoms with Gasteiger partial charge in [-0.15, -0.1) is 5.10 Å². The molecule has 1 atom stereocenters. The van der Waals surface area contributed by atoms with Crippen molar-refractivity contribution in [3.05, 3.63) is 46.9 Å². The third-order valence-corrected chi connectivity index (χ3v) is 7.15. The van der Waals surface area contributed by atoms with Gasteiger partial charge in [-0.1, -0.05) is 17.7 Å². The van der Waals surface area contributed by atoms with Crippen LogP contribution in [0.2, 0.25) is 5.02 Å². The quantitative estimate of drug-likeness (QED) is 0.276. The van der Waals surface area contributed by atoms with E-state index in [1.54, 1.807) is 39.4 Å². The third-order valence-electron chi connectivity index (χ3n) is 6.87. The molecule has 14 heteroatoms. The maximum Gasteiger partial charge on any atom is 0.434 e. The summed E-state index contributed by atoms with van der Waals surface area (Å²) in [6, 6.07) is 4.63. The molecule has 212 valence electrons. The van der Waals surface area contributed by atoms with Crippen LogP contribution in [-0.4, -0.2) is 47.1 Å². The van der Waals surface area contributed by atoms with Gasteiger partial charge in [0.1, 0.15) is 17.3 Å². The van der Waals surface area contributed by atoms with Crippen LogP contribution in [0.1, 0.15) is 57.5 Å². The molecule has 0 N–H and O–H groups in total. The molecule has 3 aromatic heterocycles. The lowest BCUT2D eigenvalue weighted by atomic mass is 10.0. The van der Waals surface area contributed by atoms with Crippen LogP contribution in [0.4, 0.5) is 19.1 Å². The third kappa shape index (κ3) is 4.72. The normalized spacial score (nSPS) is 14.7. The number of amides is 1. The van der Waals surface area contributed by atoms with Gasteiger partial charge < -0.3 is 9.30 Å². The first kappa shape index (κ1) is 27.7. The Labute approximate surface area is 233 Å². The van der Waals surface area contributed by atoms with E-state index in [0.717, 1.165) is 6.20 Å². The van der Waals surface area contributed by atoms with Gasteiger partial charge in [0.25, 0.3) is 0 Å². The summed E-state index contributed by atoms with van der Waals surface area (Å²) < 4.78 is 50.5. The second-order valence-corrected chi connectivity index (χ2v) is 10.1. The topological polar surface area (TPSA) is 95.9 Å². The lowest BCUT2D eigenvalue weighted by Gasteiger charge is -2.31. The van der Waals surface area contributed by atoms with E-state index in [-0.39, 0.29) is 24.2 Å². The van der Waals surface area contributed by atoms with Crippen LogP contribution in [0, 0.1) is 0 Å². The molecular formula is C26H28ClF3N8O2. The van der Waals surface area contributed by atoms with E-state index in [1.165, 1.54) is 17.9 Å².